The van der Waals surface area contributed by atoms with Crippen molar-refractivity contribution in [2.45, 2.75) is 57.9 Å². The Morgan fingerprint density at radius 1 is 1.12 bits per heavy atom. The van der Waals surface area contributed by atoms with Crippen molar-refractivity contribution in [3.05, 3.63) is 0 Å². The Morgan fingerprint density at radius 2 is 2.00 bits per heavy atom. The molecule has 0 bridgehead atoms. The number of piperidine rings is 1. The first-order valence-corrected chi connectivity index (χ1v) is 7.27. The topological polar surface area (TPSA) is 41.1 Å². The molecule has 17 heavy (non-hydrogen) atoms. The Morgan fingerprint density at radius 3 is 2.76 bits per heavy atom. The lowest BCUT2D eigenvalue weighted by atomic mass is 9.97. The molecule has 0 aromatic heterocycles. The van der Waals surface area contributed by atoms with Crippen LogP contribution in [0.3, 0.4) is 0 Å². The van der Waals surface area contributed by atoms with Crippen LogP contribution in [0.1, 0.15) is 51.9 Å². The lowest BCUT2D eigenvalue weighted by Crippen LogP contribution is -2.44. The quantitative estimate of drug-likeness (QED) is 0.723. The summed E-state index contributed by atoms with van der Waals surface area (Å²) in [4.78, 5) is 12.1. The average Bonchev–Trinajstić information content (AvgIpc) is 2.56. The zero-order chi connectivity index (χ0) is 12.1. The third-order valence-electron chi connectivity index (χ3n) is 4.27. The van der Waals surface area contributed by atoms with Gasteiger partial charge >= 0.3 is 0 Å². The third-order valence-corrected chi connectivity index (χ3v) is 4.27. The Hall–Kier alpha value is -0.570. The van der Waals surface area contributed by atoms with E-state index in [-0.39, 0.29) is 11.8 Å². The van der Waals surface area contributed by atoms with Crippen LogP contribution in [-0.2, 0) is 4.79 Å². The molecular weight excluding hydrogens is 212 g/mol. The van der Waals surface area contributed by atoms with Crippen LogP contribution in [0.4, 0.5) is 0 Å². The fourth-order valence-corrected chi connectivity index (χ4v) is 3.03. The summed E-state index contributed by atoms with van der Waals surface area (Å²) in [6, 6.07) is 0.439. The monoisotopic (exact) mass is 238 g/mol. The second kappa shape index (κ2) is 6.39. The molecule has 2 fully saturated rings. The summed E-state index contributed by atoms with van der Waals surface area (Å²) in [6.07, 6.45) is 8.42. The van der Waals surface area contributed by atoms with E-state index >= 15 is 0 Å². The van der Waals surface area contributed by atoms with Crippen molar-refractivity contribution in [2.24, 2.45) is 11.8 Å². The Bertz CT molecular complexity index is 249. The summed E-state index contributed by atoms with van der Waals surface area (Å²) in [5.74, 6) is 1.34. The van der Waals surface area contributed by atoms with Crippen molar-refractivity contribution in [3.63, 3.8) is 0 Å². The molecular formula is C14H26N2O. The average molecular weight is 238 g/mol. The highest BCUT2D eigenvalue weighted by atomic mass is 16.2. The molecule has 2 rings (SSSR count). The van der Waals surface area contributed by atoms with E-state index in [1.165, 1.54) is 32.1 Å². The van der Waals surface area contributed by atoms with Gasteiger partial charge in [-0.05, 0) is 44.6 Å². The van der Waals surface area contributed by atoms with Gasteiger partial charge in [0, 0.05) is 12.6 Å². The number of amides is 1. The van der Waals surface area contributed by atoms with Gasteiger partial charge in [-0.3, -0.25) is 4.79 Å². The summed E-state index contributed by atoms with van der Waals surface area (Å²) in [5, 5.41) is 6.58. The van der Waals surface area contributed by atoms with Crippen molar-refractivity contribution in [1.82, 2.24) is 10.6 Å². The lowest BCUT2D eigenvalue weighted by Gasteiger charge is -2.25. The normalized spacial score (nSPS) is 35.0. The van der Waals surface area contributed by atoms with E-state index in [0.29, 0.717) is 6.04 Å². The summed E-state index contributed by atoms with van der Waals surface area (Å²) in [5.41, 5.74) is 0. The zero-order valence-corrected chi connectivity index (χ0v) is 11.0. The predicted octanol–water partition coefficient (Wildman–Crippen LogP) is 2.07. The molecule has 98 valence electrons. The van der Waals surface area contributed by atoms with Crippen molar-refractivity contribution in [1.29, 1.82) is 0 Å². The molecule has 2 aliphatic rings. The van der Waals surface area contributed by atoms with E-state index in [1.54, 1.807) is 0 Å². The zero-order valence-electron chi connectivity index (χ0n) is 11.0. The van der Waals surface area contributed by atoms with Crippen molar-refractivity contribution < 1.29 is 4.79 Å². The van der Waals surface area contributed by atoms with Crippen LogP contribution in [0.25, 0.3) is 0 Å². The van der Waals surface area contributed by atoms with Crippen LogP contribution in [0.5, 0.6) is 0 Å². The molecule has 2 N–H and O–H groups in total. The standard InChI is InChI=1S/C14H26N2O/c1-11-4-2-6-13(8-7-11)16-14(17)12-5-3-9-15-10-12/h11-13,15H,2-10H2,1H3,(H,16,17)/t11?,12-,13?/m0/s1. The van der Waals surface area contributed by atoms with Crippen molar-refractivity contribution >= 4 is 5.91 Å². The highest BCUT2D eigenvalue weighted by Crippen LogP contribution is 2.23. The minimum absolute atomic E-state index is 0.212. The van der Waals surface area contributed by atoms with Gasteiger partial charge in [-0.2, -0.15) is 0 Å². The smallest absolute Gasteiger partial charge is 0.224 e. The number of carbonyl (C=O) groups is 1. The number of hydrogen-bond acceptors (Lipinski definition) is 2. The van der Waals surface area contributed by atoms with Gasteiger partial charge in [0.05, 0.1) is 5.92 Å². The van der Waals surface area contributed by atoms with E-state index < -0.39 is 0 Å². The maximum Gasteiger partial charge on any atom is 0.224 e. The molecule has 1 amide bonds. The fourth-order valence-electron chi connectivity index (χ4n) is 3.03. The lowest BCUT2D eigenvalue weighted by molar-refractivity contribution is -0.126. The first-order chi connectivity index (χ1) is 8.25. The van der Waals surface area contributed by atoms with E-state index in [2.05, 4.69) is 17.6 Å². The molecule has 2 unspecified atom stereocenters. The predicted molar refractivity (Wildman–Crippen MR) is 69.8 cm³/mol. The van der Waals surface area contributed by atoms with Crippen LogP contribution in [0.15, 0.2) is 0 Å². The molecule has 0 aromatic rings. The minimum atomic E-state index is 0.212. The van der Waals surface area contributed by atoms with Gasteiger partial charge in [0.25, 0.3) is 0 Å². The molecule has 0 aromatic carbocycles. The van der Waals surface area contributed by atoms with Crippen LogP contribution in [-0.4, -0.2) is 25.0 Å². The summed E-state index contributed by atoms with van der Waals surface area (Å²) in [7, 11) is 0. The maximum absolute atomic E-state index is 12.1. The SMILES string of the molecule is CC1CCCC(NC(=O)[C@H]2CCCNC2)CC1. The first-order valence-electron chi connectivity index (χ1n) is 7.27. The molecule has 3 atom stereocenters. The van der Waals surface area contributed by atoms with Gasteiger partial charge in [-0.1, -0.05) is 19.8 Å². The van der Waals surface area contributed by atoms with E-state index in [9.17, 15) is 4.79 Å². The second-order valence-corrected chi connectivity index (χ2v) is 5.86. The van der Waals surface area contributed by atoms with Crippen LogP contribution in [0, 0.1) is 11.8 Å². The maximum atomic E-state index is 12.1. The Balaban J connectivity index is 1.76. The Labute approximate surface area is 105 Å². The molecule has 1 saturated heterocycles. The first kappa shape index (κ1) is 12.9. The number of nitrogens with one attached hydrogen (secondary N) is 2. The fraction of sp³-hybridized carbons (Fsp3) is 0.929. The number of carbonyl (C=O) groups excluding carboxylic acids is 1. The second-order valence-electron chi connectivity index (χ2n) is 5.86. The number of rotatable bonds is 2. The van der Waals surface area contributed by atoms with Crippen LogP contribution in [0.2, 0.25) is 0 Å². The molecule has 1 saturated carbocycles. The third kappa shape index (κ3) is 3.98. The molecule has 1 aliphatic carbocycles. The van der Waals surface area contributed by atoms with Gasteiger partial charge in [0.15, 0.2) is 0 Å². The van der Waals surface area contributed by atoms with Crippen LogP contribution >= 0.6 is 0 Å². The molecule has 1 aliphatic heterocycles. The molecule has 3 nitrogen and oxygen atoms in total. The van der Waals surface area contributed by atoms with Crippen molar-refractivity contribution in [3.8, 4) is 0 Å². The van der Waals surface area contributed by atoms with Gasteiger partial charge in [-0.15, -0.1) is 0 Å². The van der Waals surface area contributed by atoms with Gasteiger partial charge in [-0.25, -0.2) is 0 Å². The van der Waals surface area contributed by atoms with Crippen molar-refractivity contribution in [2.75, 3.05) is 13.1 Å². The highest BCUT2D eigenvalue weighted by molar-refractivity contribution is 5.79. The van der Waals surface area contributed by atoms with Gasteiger partial charge in [0.1, 0.15) is 0 Å². The van der Waals surface area contributed by atoms with Gasteiger partial charge in [0.2, 0.25) is 5.91 Å². The molecule has 0 radical (unpaired) electrons. The number of hydrogen-bond donors (Lipinski definition) is 2. The van der Waals surface area contributed by atoms with E-state index in [1.807, 2.05) is 0 Å². The molecule has 1 heterocycles. The molecule has 3 heteroatoms. The summed E-state index contributed by atoms with van der Waals surface area (Å²) >= 11 is 0. The summed E-state index contributed by atoms with van der Waals surface area (Å²) in [6.45, 7) is 4.27. The summed E-state index contributed by atoms with van der Waals surface area (Å²) < 4.78 is 0. The Kier molecular flexibility index (Phi) is 4.84. The van der Waals surface area contributed by atoms with E-state index in [0.717, 1.165) is 31.8 Å². The molecule has 0 spiro atoms. The minimum Gasteiger partial charge on any atom is -0.353 e. The van der Waals surface area contributed by atoms with E-state index in [4.69, 9.17) is 0 Å². The van der Waals surface area contributed by atoms with Gasteiger partial charge < -0.3 is 10.6 Å². The highest BCUT2D eigenvalue weighted by Gasteiger charge is 2.24. The van der Waals surface area contributed by atoms with Crippen LogP contribution < -0.4 is 10.6 Å². The largest absolute Gasteiger partial charge is 0.353 e.